The molecule has 32 heavy (non-hydrogen) atoms. The number of nitrogens with zero attached hydrogens (tertiary/aromatic N) is 1. The van der Waals surface area contributed by atoms with E-state index in [1.165, 1.54) is 7.11 Å². The van der Waals surface area contributed by atoms with Crippen LogP contribution in [0.5, 0.6) is 0 Å². The summed E-state index contributed by atoms with van der Waals surface area (Å²) in [5, 5.41) is 3.17. The number of anilines is 1. The first-order valence-electron chi connectivity index (χ1n) is 9.49. The lowest BCUT2D eigenvalue weighted by molar-refractivity contribution is -0.137. The van der Waals surface area contributed by atoms with Gasteiger partial charge in [-0.15, -0.1) is 0 Å². The van der Waals surface area contributed by atoms with Crippen molar-refractivity contribution in [1.82, 2.24) is 20.3 Å². The van der Waals surface area contributed by atoms with Gasteiger partial charge in [0.1, 0.15) is 0 Å². The summed E-state index contributed by atoms with van der Waals surface area (Å²) in [6.45, 7) is 0.689. The van der Waals surface area contributed by atoms with E-state index in [2.05, 4.69) is 20.3 Å². The maximum Gasteiger partial charge on any atom is 0.416 e. The van der Waals surface area contributed by atoms with Gasteiger partial charge in [0, 0.05) is 30.1 Å². The average molecular weight is 445 g/mol. The predicted octanol–water partition coefficient (Wildman–Crippen LogP) is 3.05. The molecule has 2 aromatic heterocycles. The number of hydrogen-bond acceptors (Lipinski definition) is 5. The second kappa shape index (κ2) is 8.00. The zero-order valence-corrected chi connectivity index (χ0v) is 16.8. The van der Waals surface area contributed by atoms with Crippen LogP contribution in [0, 0.1) is 0 Å². The number of halogens is 3. The van der Waals surface area contributed by atoms with Gasteiger partial charge >= 0.3 is 6.18 Å². The van der Waals surface area contributed by atoms with Crippen molar-refractivity contribution in [3.8, 4) is 11.4 Å². The lowest BCUT2D eigenvalue weighted by Crippen LogP contribution is -2.26. The fraction of sp³-hybridized carbons (Fsp3) is 0.190. The van der Waals surface area contributed by atoms with Crippen molar-refractivity contribution in [2.45, 2.75) is 6.18 Å². The summed E-state index contributed by atoms with van der Waals surface area (Å²) in [5.74, 6) is -0.326. The van der Waals surface area contributed by atoms with E-state index in [0.717, 1.165) is 18.2 Å². The molecule has 0 saturated heterocycles. The number of ether oxygens (including phenoxy) is 1. The summed E-state index contributed by atoms with van der Waals surface area (Å²) in [7, 11) is 1.52. The van der Waals surface area contributed by atoms with Gasteiger partial charge < -0.3 is 25.8 Å². The monoisotopic (exact) mass is 445 g/mol. The summed E-state index contributed by atoms with van der Waals surface area (Å²) in [6, 6.07) is 7.64. The zero-order chi connectivity index (χ0) is 23.0. The number of fused-ring (bicyclic) bond motifs is 2. The second-order valence-corrected chi connectivity index (χ2v) is 7.07. The van der Waals surface area contributed by atoms with E-state index < -0.39 is 17.3 Å². The molecule has 0 atom stereocenters. The minimum Gasteiger partial charge on any atom is -0.396 e. The van der Waals surface area contributed by atoms with Gasteiger partial charge in [-0.05, 0) is 36.4 Å². The third-order valence-electron chi connectivity index (χ3n) is 4.95. The number of nitrogens with one attached hydrogen (secondary N) is 3. The van der Waals surface area contributed by atoms with Crippen LogP contribution in [0.1, 0.15) is 15.9 Å². The number of nitrogens with two attached hydrogens (primary N) is 1. The SMILES string of the molecule is COCCNC(=O)c1ccc2[nH]c(-c3nc4cc(C(F)(F)F)ccc4[nH]c3=O)c(N)c2c1. The normalized spacial score (nSPS) is 11.9. The molecule has 0 fully saturated rings. The predicted molar refractivity (Wildman–Crippen MR) is 113 cm³/mol. The van der Waals surface area contributed by atoms with Crippen molar-refractivity contribution in [2.75, 3.05) is 26.0 Å². The molecular formula is C21H18F3N5O3. The summed E-state index contributed by atoms with van der Waals surface area (Å²) in [4.78, 5) is 34.5. The molecule has 8 nitrogen and oxygen atoms in total. The lowest BCUT2D eigenvalue weighted by Gasteiger charge is -2.08. The number of rotatable bonds is 5. The average Bonchev–Trinajstić information content (AvgIpc) is 3.08. The largest absolute Gasteiger partial charge is 0.416 e. The molecule has 1 amide bonds. The summed E-state index contributed by atoms with van der Waals surface area (Å²) >= 11 is 0. The smallest absolute Gasteiger partial charge is 0.396 e. The fourth-order valence-corrected chi connectivity index (χ4v) is 3.34. The van der Waals surface area contributed by atoms with E-state index in [9.17, 15) is 22.8 Å². The van der Waals surface area contributed by atoms with Crippen LogP contribution in [0.4, 0.5) is 18.9 Å². The molecule has 166 valence electrons. The molecule has 4 rings (SSSR count). The molecule has 0 saturated carbocycles. The Balaban J connectivity index is 1.78. The Hall–Kier alpha value is -3.86. The Bertz CT molecular complexity index is 1390. The quantitative estimate of drug-likeness (QED) is 0.351. The molecular weight excluding hydrogens is 427 g/mol. The molecule has 0 bridgehead atoms. The van der Waals surface area contributed by atoms with Gasteiger partial charge in [-0.1, -0.05) is 0 Å². The van der Waals surface area contributed by atoms with Gasteiger partial charge in [0.15, 0.2) is 5.69 Å². The van der Waals surface area contributed by atoms with Crippen LogP contribution in [-0.4, -0.2) is 41.1 Å². The Morgan fingerprint density at radius 1 is 1.16 bits per heavy atom. The maximum atomic E-state index is 13.1. The molecule has 5 N–H and O–H groups in total. The van der Waals surface area contributed by atoms with E-state index in [0.29, 0.717) is 29.6 Å². The van der Waals surface area contributed by atoms with Crippen molar-refractivity contribution in [3.05, 3.63) is 57.9 Å². The number of methoxy groups -OCH3 is 1. The molecule has 0 aliphatic rings. The van der Waals surface area contributed by atoms with Gasteiger partial charge in [-0.25, -0.2) is 4.98 Å². The van der Waals surface area contributed by atoms with E-state index in [-0.39, 0.29) is 34.0 Å². The number of aromatic amines is 2. The minimum absolute atomic E-state index is 0.0364. The minimum atomic E-state index is -4.55. The maximum absolute atomic E-state index is 13.1. The van der Waals surface area contributed by atoms with Gasteiger partial charge in [0.2, 0.25) is 0 Å². The highest BCUT2D eigenvalue weighted by Gasteiger charge is 2.30. The first-order valence-corrected chi connectivity index (χ1v) is 9.49. The highest BCUT2D eigenvalue weighted by atomic mass is 19.4. The first-order chi connectivity index (χ1) is 15.2. The summed E-state index contributed by atoms with van der Waals surface area (Å²) < 4.78 is 44.1. The number of benzene rings is 2. The number of amides is 1. The van der Waals surface area contributed by atoms with Crippen molar-refractivity contribution >= 4 is 33.5 Å². The van der Waals surface area contributed by atoms with Crippen molar-refractivity contribution in [3.63, 3.8) is 0 Å². The van der Waals surface area contributed by atoms with Crippen LogP contribution in [0.3, 0.4) is 0 Å². The second-order valence-electron chi connectivity index (χ2n) is 7.07. The Kier molecular flexibility index (Phi) is 5.35. The Labute approximate surface area is 178 Å². The number of nitrogen functional groups attached to an aromatic ring is 1. The molecule has 0 aliphatic heterocycles. The number of carbonyl (C=O) groups excluding carboxylic acids is 1. The Morgan fingerprint density at radius 2 is 1.91 bits per heavy atom. The highest BCUT2D eigenvalue weighted by Crippen LogP contribution is 2.33. The van der Waals surface area contributed by atoms with E-state index in [4.69, 9.17) is 10.5 Å². The zero-order valence-electron chi connectivity index (χ0n) is 16.8. The number of carbonyl (C=O) groups is 1. The van der Waals surface area contributed by atoms with Crippen LogP contribution in [-0.2, 0) is 10.9 Å². The van der Waals surface area contributed by atoms with Crippen LogP contribution in [0.2, 0.25) is 0 Å². The van der Waals surface area contributed by atoms with Crippen molar-refractivity contribution in [2.24, 2.45) is 0 Å². The van der Waals surface area contributed by atoms with E-state index in [1.807, 2.05) is 0 Å². The van der Waals surface area contributed by atoms with Gasteiger partial charge in [-0.3, -0.25) is 9.59 Å². The fourth-order valence-electron chi connectivity index (χ4n) is 3.34. The van der Waals surface area contributed by atoms with E-state index >= 15 is 0 Å². The molecule has 4 aromatic rings. The van der Waals surface area contributed by atoms with Crippen molar-refractivity contribution < 1.29 is 22.7 Å². The van der Waals surface area contributed by atoms with Gasteiger partial charge in [0.25, 0.3) is 11.5 Å². The third-order valence-corrected chi connectivity index (χ3v) is 4.95. The summed E-state index contributed by atoms with van der Waals surface area (Å²) in [6.07, 6.45) is -4.55. The van der Waals surface area contributed by atoms with Crippen LogP contribution < -0.4 is 16.6 Å². The summed E-state index contributed by atoms with van der Waals surface area (Å²) in [5.41, 5.74) is 5.87. The molecule has 11 heteroatoms. The number of H-pyrrole nitrogens is 2. The van der Waals surface area contributed by atoms with Gasteiger partial charge in [0.05, 0.1) is 34.6 Å². The lowest BCUT2D eigenvalue weighted by atomic mass is 10.1. The molecule has 0 radical (unpaired) electrons. The topological polar surface area (TPSA) is 126 Å². The molecule has 0 spiro atoms. The van der Waals surface area contributed by atoms with E-state index in [1.54, 1.807) is 18.2 Å². The van der Waals surface area contributed by atoms with Crippen LogP contribution in [0.25, 0.3) is 33.3 Å². The molecule has 0 aliphatic carbocycles. The third kappa shape index (κ3) is 3.89. The van der Waals surface area contributed by atoms with Crippen LogP contribution >= 0.6 is 0 Å². The van der Waals surface area contributed by atoms with Crippen LogP contribution in [0.15, 0.2) is 41.2 Å². The number of hydrogen-bond donors (Lipinski definition) is 4. The standard InChI is InChI=1S/C21H18F3N5O3/c1-32-7-6-26-19(30)10-2-4-13-12(8-10)16(25)17(27-13)18-20(31)29-14-5-3-11(21(22,23)24)9-15(14)28-18/h2-5,8-9,27H,6-7,25H2,1H3,(H,26,30)(H,29,31). The molecule has 0 unspecified atom stereocenters. The van der Waals surface area contributed by atoms with Gasteiger partial charge in [-0.2, -0.15) is 13.2 Å². The first kappa shape index (κ1) is 21.4. The Morgan fingerprint density at radius 3 is 2.62 bits per heavy atom. The highest BCUT2D eigenvalue weighted by molar-refractivity contribution is 6.04. The molecule has 2 heterocycles. The van der Waals surface area contributed by atoms with Crippen molar-refractivity contribution in [1.29, 1.82) is 0 Å². The number of aromatic nitrogens is 3. The number of alkyl halides is 3. The molecule has 2 aromatic carbocycles.